The lowest BCUT2D eigenvalue weighted by molar-refractivity contribution is 0.568. The summed E-state index contributed by atoms with van der Waals surface area (Å²) in [5.41, 5.74) is 5.46. The van der Waals surface area contributed by atoms with Crippen molar-refractivity contribution < 1.29 is 0 Å². The summed E-state index contributed by atoms with van der Waals surface area (Å²) in [4.78, 5) is 0. The van der Waals surface area contributed by atoms with Crippen LogP contribution in [-0.4, -0.2) is 18.1 Å². The Kier molecular flexibility index (Phi) is 16.3. The summed E-state index contributed by atoms with van der Waals surface area (Å²) in [6.07, 6.45) is 12.5. The van der Waals surface area contributed by atoms with Crippen LogP contribution in [0.15, 0.2) is 0 Å². The third kappa shape index (κ3) is 14.7. The molecule has 0 fully saturated rings. The third-order valence-corrected chi connectivity index (χ3v) is 5.20. The van der Waals surface area contributed by atoms with E-state index in [-0.39, 0.29) is 0 Å². The number of hydrogen-bond acceptors (Lipinski definition) is 3. The van der Waals surface area contributed by atoms with Crippen LogP contribution in [0.1, 0.15) is 64.7 Å². The first-order valence-electron chi connectivity index (χ1n) is 6.86. The van der Waals surface area contributed by atoms with Gasteiger partial charge in [-0.3, -0.25) is 0 Å². The summed E-state index contributed by atoms with van der Waals surface area (Å²) < 4.78 is 0. The minimum absolute atomic E-state index is 0.868. The molecule has 0 saturated carbocycles. The zero-order chi connectivity index (χ0) is 11.9. The van der Waals surface area contributed by atoms with Crippen molar-refractivity contribution in [2.45, 2.75) is 64.7 Å². The van der Waals surface area contributed by atoms with Crippen LogP contribution in [0.4, 0.5) is 0 Å². The molecule has 0 atom stereocenters. The fraction of sp³-hybridized carbons (Fsp3) is 1.00. The van der Waals surface area contributed by atoms with Crippen molar-refractivity contribution >= 4 is 21.6 Å². The molecular weight excluding hydrogens is 234 g/mol. The summed E-state index contributed by atoms with van der Waals surface area (Å²) in [5, 5.41) is 0. The Hall–Kier alpha value is 0.660. The van der Waals surface area contributed by atoms with Crippen molar-refractivity contribution in [2.75, 3.05) is 18.1 Å². The van der Waals surface area contributed by atoms with E-state index >= 15 is 0 Å². The Bertz CT molecular complexity index is 107. The van der Waals surface area contributed by atoms with Crippen molar-refractivity contribution in [1.82, 2.24) is 0 Å². The van der Waals surface area contributed by atoms with Crippen molar-refractivity contribution in [3.63, 3.8) is 0 Å². The number of unbranched alkanes of at least 4 members (excludes halogenated alkanes) is 8. The highest BCUT2D eigenvalue weighted by atomic mass is 33.1. The number of nitrogens with two attached hydrogens (primary N) is 1. The van der Waals surface area contributed by atoms with E-state index in [0.29, 0.717) is 0 Å². The van der Waals surface area contributed by atoms with Crippen molar-refractivity contribution in [3.8, 4) is 0 Å². The Morgan fingerprint density at radius 1 is 0.688 bits per heavy atom. The van der Waals surface area contributed by atoms with Gasteiger partial charge in [-0.2, -0.15) is 0 Å². The molecule has 0 heterocycles. The van der Waals surface area contributed by atoms with Gasteiger partial charge in [0.1, 0.15) is 0 Å². The Morgan fingerprint density at radius 3 is 1.69 bits per heavy atom. The van der Waals surface area contributed by atoms with Gasteiger partial charge >= 0.3 is 0 Å². The molecule has 0 aromatic carbocycles. The van der Waals surface area contributed by atoms with Crippen LogP contribution >= 0.6 is 21.6 Å². The highest BCUT2D eigenvalue weighted by molar-refractivity contribution is 8.76. The topological polar surface area (TPSA) is 26.0 Å². The minimum atomic E-state index is 0.868. The SMILES string of the molecule is CCSSCCCCCCCCCCCN. The first-order valence-corrected chi connectivity index (χ1v) is 9.35. The zero-order valence-corrected chi connectivity index (χ0v) is 12.5. The van der Waals surface area contributed by atoms with Crippen LogP contribution in [0.2, 0.25) is 0 Å². The van der Waals surface area contributed by atoms with Gasteiger partial charge in [-0.25, -0.2) is 0 Å². The molecular formula is C13H29NS2. The van der Waals surface area contributed by atoms with Gasteiger partial charge < -0.3 is 5.73 Å². The van der Waals surface area contributed by atoms with E-state index in [1.54, 1.807) is 0 Å². The van der Waals surface area contributed by atoms with Crippen LogP contribution < -0.4 is 5.73 Å². The smallest absolute Gasteiger partial charge is 0.00369 e. The fourth-order valence-electron chi connectivity index (χ4n) is 1.69. The molecule has 0 spiro atoms. The molecule has 0 aromatic rings. The van der Waals surface area contributed by atoms with Crippen molar-refractivity contribution in [1.29, 1.82) is 0 Å². The maximum atomic E-state index is 5.46. The van der Waals surface area contributed by atoms with Gasteiger partial charge in [0.25, 0.3) is 0 Å². The van der Waals surface area contributed by atoms with Gasteiger partial charge in [-0.05, 0) is 19.4 Å². The highest BCUT2D eigenvalue weighted by Gasteiger charge is 1.93. The van der Waals surface area contributed by atoms with Crippen LogP contribution in [0, 0.1) is 0 Å². The number of hydrogen-bond donors (Lipinski definition) is 1. The van der Waals surface area contributed by atoms with Gasteiger partial charge in [0, 0.05) is 11.5 Å². The number of rotatable bonds is 13. The molecule has 0 aliphatic rings. The van der Waals surface area contributed by atoms with Crippen LogP contribution in [0.3, 0.4) is 0 Å². The summed E-state index contributed by atoms with van der Waals surface area (Å²) in [5.74, 6) is 2.59. The van der Waals surface area contributed by atoms with Gasteiger partial charge in [-0.1, -0.05) is 73.5 Å². The molecule has 16 heavy (non-hydrogen) atoms. The van der Waals surface area contributed by atoms with Gasteiger partial charge in [0.05, 0.1) is 0 Å². The van der Waals surface area contributed by atoms with E-state index in [1.807, 2.05) is 21.6 Å². The van der Waals surface area contributed by atoms with Gasteiger partial charge in [0.15, 0.2) is 0 Å². The van der Waals surface area contributed by atoms with E-state index in [9.17, 15) is 0 Å². The summed E-state index contributed by atoms with van der Waals surface area (Å²) in [6, 6.07) is 0. The molecule has 0 amide bonds. The molecule has 0 aliphatic heterocycles. The first kappa shape index (κ1) is 16.7. The monoisotopic (exact) mass is 263 g/mol. The summed E-state index contributed by atoms with van der Waals surface area (Å²) in [6.45, 7) is 3.09. The summed E-state index contributed by atoms with van der Waals surface area (Å²) >= 11 is 0. The molecule has 1 nitrogen and oxygen atoms in total. The summed E-state index contributed by atoms with van der Waals surface area (Å²) in [7, 11) is 4.03. The van der Waals surface area contributed by atoms with E-state index < -0.39 is 0 Å². The average molecular weight is 264 g/mol. The largest absolute Gasteiger partial charge is 0.330 e. The Balaban J connectivity index is 2.83. The molecule has 0 radical (unpaired) electrons. The van der Waals surface area contributed by atoms with E-state index in [4.69, 9.17) is 5.73 Å². The van der Waals surface area contributed by atoms with Gasteiger partial charge in [-0.15, -0.1) is 0 Å². The van der Waals surface area contributed by atoms with Crippen LogP contribution in [-0.2, 0) is 0 Å². The lowest BCUT2D eigenvalue weighted by Crippen LogP contribution is -1.97. The molecule has 0 bridgehead atoms. The van der Waals surface area contributed by atoms with E-state index in [2.05, 4.69) is 6.92 Å². The zero-order valence-electron chi connectivity index (χ0n) is 10.9. The van der Waals surface area contributed by atoms with Crippen molar-refractivity contribution in [2.24, 2.45) is 5.73 Å². The molecule has 0 unspecified atom stereocenters. The average Bonchev–Trinajstić information content (AvgIpc) is 2.31. The predicted octanol–water partition coefficient (Wildman–Crippen LogP) is 4.86. The molecule has 2 N–H and O–H groups in total. The first-order chi connectivity index (χ1) is 7.91. The molecule has 0 saturated heterocycles. The van der Waals surface area contributed by atoms with Crippen LogP contribution in [0.25, 0.3) is 0 Å². The standard InChI is InChI=1S/C13H29NS2/c1-2-15-16-13-11-9-7-5-3-4-6-8-10-12-14/h2-14H2,1H3. The van der Waals surface area contributed by atoms with E-state index in [0.717, 1.165) is 6.54 Å². The lowest BCUT2D eigenvalue weighted by Gasteiger charge is -2.02. The predicted molar refractivity (Wildman–Crippen MR) is 81.2 cm³/mol. The highest BCUT2D eigenvalue weighted by Crippen LogP contribution is 2.22. The second kappa shape index (κ2) is 15.7. The van der Waals surface area contributed by atoms with Crippen molar-refractivity contribution in [3.05, 3.63) is 0 Å². The molecule has 0 aliphatic carbocycles. The third-order valence-electron chi connectivity index (χ3n) is 2.63. The molecule has 0 rings (SSSR count). The second-order valence-electron chi connectivity index (χ2n) is 4.20. The van der Waals surface area contributed by atoms with Gasteiger partial charge in [0.2, 0.25) is 0 Å². The van der Waals surface area contributed by atoms with E-state index in [1.165, 1.54) is 69.3 Å². The molecule has 98 valence electrons. The molecule has 3 heteroatoms. The maximum absolute atomic E-state index is 5.46. The Labute approximate surface area is 110 Å². The molecule has 0 aromatic heterocycles. The minimum Gasteiger partial charge on any atom is -0.330 e. The quantitative estimate of drug-likeness (QED) is 0.380. The fourth-order valence-corrected chi connectivity index (χ4v) is 3.50. The maximum Gasteiger partial charge on any atom is 0.00369 e. The van der Waals surface area contributed by atoms with Crippen LogP contribution in [0.5, 0.6) is 0 Å². The second-order valence-corrected chi connectivity index (χ2v) is 7.07. The lowest BCUT2D eigenvalue weighted by atomic mass is 10.1. The Morgan fingerprint density at radius 2 is 1.19 bits per heavy atom. The normalized spacial score (nSPS) is 10.9.